The number of nitrogens with zero attached hydrogens (tertiary/aromatic N) is 3. The van der Waals surface area contributed by atoms with Gasteiger partial charge in [0.25, 0.3) is 0 Å². The lowest BCUT2D eigenvalue weighted by molar-refractivity contribution is -0.129. The zero-order chi connectivity index (χ0) is 24.0. The summed E-state index contributed by atoms with van der Waals surface area (Å²) in [5.74, 6) is -0.775. The monoisotopic (exact) mass is 472 g/mol. The number of carbonyl (C=O) groups is 2. The molecular weight excluding hydrogens is 447 g/mol. The van der Waals surface area contributed by atoms with Gasteiger partial charge in [-0.25, -0.2) is 4.39 Å². The second-order valence-corrected chi connectivity index (χ2v) is 8.33. The lowest BCUT2D eigenvalue weighted by atomic mass is 10.1. The number of rotatable bonds is 6. The normalized spacial score (nSPS) is 17.4. The molecule has 174 valence electrons. The Morgan fingerprint density at radius 2 is 1.94 bits per heavy atom. The van der Waals surface area contributed by atoms with Crippen LogP contribution in [-0.4, -0.2) is 58.2 Å². The van der Waals surface area contributed by atoms with Crippen molar-refractivity contribution >= 4 is 40.9 Å². The summed E-state index contributed by atoms with van der Waals surface area (Å²) in [7, 11) is 0. The van der Waals surface area contributed by atoms with Gasteiger partial charge in [0, 0.05) is 49.9 Å². The van der Waals surface area contributed by atoms with Crippen LogP contribution in [0.4, 0.5) is 10.1 Å². The van der Waals surface area contributed by atoms with E-state index in [0.717, 1.165) is 5.56 Å². The zero-order valence-corrected chi connectivity index (χ0v) is 19.2. The molecule has 2 aromatic rings. The summed E-state index contributed by atoms with van der Waals surface area (Å²) in [6, 6.07) is 10.9. The van der Waals surface area contributed by atoms with Gasteiger partial charge in [0.2, 0.25) is 11.8 Å². The minimum atomic E-state index is -0.415. The van der Waals surface area contributed by atoms with Crippen LogP contribution in [0.1, 0.15) is 25.0 Å². The molecule has 2 amide bonds. The first-order valence-electron chi connectivity index (χ1n) is 10.5. The molecule has 1 aliphatic heterocycles. The van der Waals surface area contributed by atoms with Gasteiger partial charge >= 0.3 is 0 Å². The van der Waals surface area contributed by atoms with E-state index in [-0.39, 0.29) is 17.6 Å². The topological polar surface area (TPSA) is 85.2 Å². The summed E-state index contributed by atoms with van der Waals surface area (Å²) in [5.41, 5.74) is 2.53. The highest BCUT2D eigenvalue weighted by atomic mass is 35.5. The van der Waals surface area contributed by atoms with E-state index < -0.39 is 6.04 Å². The van der Waals surface area contributed by atoms with Gasteiger partial charge in [-0.1, -0.05) is 35.0 Å². The third-order valence-electron chi connectivity index (χ3n) is 5.44. The maximum atomic E-state index is 13.2. The van der Waals surface area contributed by atoms with Crippen molar-refractivity contribution in [1.82, 2.24) is 9.80 Å². The first-order chi connectivity index (χ1) is 15.8. The Bertz CT molecular complexity index is 1070. The highest BCUT2D eigenvalue weighted by Gasteiger charge is 2.31. The van der Waals surface area contributed by atoms with Crippen molar-refractivity contribution in [2.24, 2.45) is 5.16 Å². The number of hydrogen-bond acceptors (Lipinski definition) is 5. The SMILES string of the molecule is CC(=O)Nc1cc(Cl)ccc1/C=C/C(=O)N1CCN(Cc2ccc(F)cc2)C[C@H]1C(C)=NO. The largest absolute Gasteiger partial charge is 0.411 e. The van der Waals surface area contributed by atoms with E-state index in [4.69, 9.17) is 11.6 Å². The summed E-state index contributed by atoms with van der Waals surface area (Å²) >= 11 is 6.02. The third kappa shape index (κ3) is 6.63. The number of piperazine rings is 1. The minimum Gasteiger partial charge on any atom is -0.411 e. The summed E-state index contributed by atoms with van der Waals surface area (Å²) in [5, 5.41) is 15.9. The van der Waals surface area contributed by atoms with E-state index in [1.807, 2.05) is 0 Å². The van der Waals surface area contributed by atoms with Crippen LogP contribution in [0.2, 0.25) is 5.02 Å². The molecule has 1 fully saturated rings. The molecule has 0 spiro atoms. The summed E-state index contributed by atoms with van der Waals surface area (Å²) < 4.78 is 13.2. The van der Waals surface area contributed by atoms with Crippen LogP contribution < -0.4 is 5.32 Å². The Morgan fingerprint density at radius 1 is 1.21 bits per heavy atom. The number of anilines is 1. The molecule has 0 aromatic heterocycles. The first kappa shape index (κ1) is 24.4. The predicted octanol–water partition coefficient (Wildman–Crippen LogP) is 4.01. The average molecular weight is 473 g/mol. The van der Waals surface area contributed by atoms with Crippen molar-refractivity contribution in [3.63, 3.8) is 0 Å². The van der Waals surface area contributed by atoms with Gasteiger partial charge in [0.15, 0.2) is 0 Å². The fraction of sp³-hybridized carbons (Fsp3) is 0.292. The molecule has 7 nitrogen and oxygen atoms in total. The van der Waals surface area contributed by atoms with E-state index >= 15 is 0 Å². The van der Waals surface area contributed by atoms with Gasteiger partial charge in [-0.05, 0) is 48.4 Å². The summed E-state index contributed by atoms with van der Waals surface area (Å²) in [4.78, 5) is 28.3. The second kappa shape index (κ2) is 11.1. The minimum absolute atomic E-state index is 0.242. The van der Waals surface area contributed by atoms with Crippen molar-refractivity contribution < 1.29 is 19.2 Å². The van der Waals surface area contributed by atoms with E-state index in [9.17, 15) is 19.2 Å². The quantitative estimate of drug-likeness (QED) is 0.288. The van der Waals surface area contributed by atoms with Crippen molar-refractivity contribution in [2.45, 2.75) is 26.4 Å². The van der Waals surface area contributed by atoms with E-state index in [2.05, 4.69) is 15.4 Å². The Labute approximate surface area is 197 Å². The molecule has 3 rings (SSSR count). The van der Waals surface area contributed by atoms with E-state index in [1.165, 1.54) is 25.1 Å². The maximum Gasteiger partial charge on any atom is 0.247 e. The van der Waals surface area contributed by atoms with Crippen LogP contribution in [0, 0.1) is 5.82 Å². The van der Waals surface area contributed by atoms with Gasteiger partial charge in [0.05, 0.1) is 11.8 Å². The maximum absolute atomic E-state index is 13.2. The average Bonchev–Trinajstić information content (AvgIpc) is 2.79. The molecule has 9 heteroatoms. The number of oxime groups is 1. The smallest absolute Gasteiger partial charge is 0.247 e. The molecule has 0 unspecified atom stereocenters. The van der Waals surface area contributed by atoms with Crippen LogP contribution >= 0.6 is 11.6 Å². The van der Waals surface area contributed by atoms with Crippen LogP contribution in [0.25, 0.3) is 6.08 Å². The summed E-state index contributed by atoms with van der Waals surface area (Å²) in [6.45, 7) is 5.19. The molecule has 33 heavy (non-hydrogen) atoms. The van der Waals surface area contributed by atoms with Crippen molar-refractivity contribution in [1.29, 1.82) is 0 Å². The first-order valence-corrected chi connectivity index (χ1v) is 10.9. The molecule has 0 bridgehead atoms. The Kier molecular flexibility index (Phi) is 8.19. The predicted molar refractivity (Wildman–Crippen MR) is 127 cm³/mol. The molecule has 0 aliphatic carbocycles. The lowest BCUT2D eigenvalue weighted by Crippen LogP contribution is -2.57. The standard InChI is InChI=1S/C24H26ClFN4O3/c1-16(28-33)23-15-29(14-18-3-8-21(26)9-4-18)11-12-30(23)24(32)10-6-19-5-7-20(25)13-22(19)27-17(2)31/h3-10,13,23,33H,11-12,14-15H2,1-2H3,(H,27,31)/b10-6+,28-16?/t23-/m0/s1. The van der Waals surface area contributed by atoms with Crippen molar-refractivity contribution in [3.05, 3.63) is 70.5 Å². The van der Waals surface area contributed by atoms with E-state index in [1.54, 1.807) is 48.2 Å². The molecule has 0 saturated carbocycles. The van der Waals surface area contributed by atoms with Gasteiger partial charge in [-0.15, -0.1) is 0 Å². The molecule has 1 heterocycles. The second-order valence-electron chi connectivity index (χ2n) is 7.90. The molecule has 2 aromatic carbocycles. The van der Waals surface area contributed by atoms with Gasteiger partial charge in [0.1, 0.15) is 5.82 Å². The fourth-order valence-electron chi connectivity index (χ4n) is 3.75. The zero-order valence-electron chi connectivity index (χ0n) is 18.5. The third-order valence-corrected chi connectivity index (χ3v) is 5.67. The summed E-state index contributed by atoms with van der Waals surface area (Å²) in [6.07, 6.45) is 3.05. The number of amides is 2. The molecule has 0 radical (unpaired) electrons. The van der Waals surface area contributed by atoms with Gasteiger partial charge in [-0.3, -0.25) is 14.5 Å². The lowest BCUT2D eigenvalue weighted by Gasteiger charge is -2.40. The molecule has 1 aliphatic rings. The molecule has 2 N–H and O–H groups in total. The number of nitrogens with one attached hydrogen (secondary N) is 1. The van der Waals surface area contributed by atoms with Crippen LogP contribution in [0.5, 0.6) is 0 Å². The molecule has 1 saturated heterocycles. The van der Waals surface area contributed by atoms with E-state index in [0.29, 0.717) is 48.2 Å². The van der Waals surface area contributed by atoms with Crippen molar-refractivity contribution in [3.8, 4) is 0 Å². The molecule has 1 atom stereocenters. The Balaban J connectivity index is 1.74. The van der Waals surface area contributed by atoms with Crippen LogP contribution in [-0.2, 0) is 16.1 Å². The molecular formula is C24H26ClFN4O3. The fourth-order valence-corrected chi connectivity index (χ4v) is 3.92. The Hall–Kier alpha value is -3.23. The Morgan fingerprint density at radius 3 is 2.61 bits per heavy atom. The number of hydrogen-bond donors (Lipinski definition) is 2. The number of halogens is 2. The van der Waals surface area contributed by atoms with Gasteiger partial charge in [-0.2, -0.15) is 0 Å². The highest BCUT2D eigenvalue weighted by molar-refractivity contribution is 6.31. The van der Waals surface area contributed by atoms with Crippen molar-refractivity contribution in [2.75, 3.05) is 25.0 Å². The highest BCUT2D eigenvalue weighted by Crippen LogP contribution is 2.23. The van der Waals surface area contributed by atoms with Crippen LogP contribution in [0.15, 0.2) is 53.7 Å². The number of carbonyl (C=O) groups excluding carboxylic acids is 2. The van der Waals surface area contributed by atoms with Crippen LogP contribution in [0.3, 0.4) is 0 Å². The number of benzene rings is 2. The van der Waals surface area contributed by atoms with Gasteiger partial charge < -0.3 is 15.4 Å².